The van der Waals surface area contributed by atoms with Crippen LogP contribution in [0, 0.1) is 5.82 Å². The van der Waals surface area contributed by atoms with Crippen LogP contribution >= 0.6 is 15.9 Å². The molecule has 0 fully saturated rings. The van der Waals surface area contributed by atoms with E-state index in [1.54, 1.807) is 19.1 Å². The number of ether oxygens (including phenoxy) is 2. The molecule has 0 saturated carbocycles. The molecule has 0 unspecified atom stereocenters. The fraction of sp³-hybridized carbons (Fsp3) is 0.133. The number of hydrogen-bond acceptors (Lipinski definition) is 4. The molecule has 4 nitrogen and oxygen atoms in total. The summed E-state index contributed by atoms with van der Waals surface area (Å²) in [4.78, 5) is 11.9. The molecule has 0 atom stereocenters. The molecule has 0 aromatic heterocycles. The van der Waals surface area contributed by atoms with E-state index in [4.69, 9.17) is 15.2 Å². The summed E-state index contributed by atoms with van der Waals surface area (Å²) in [5.41, 5.74) is 6.32. The zero-order valence-electron chi connectivity index (χ0n) is 11.2. The average molecular weight is 354 g/mol. The van der Waals surface area contributed by atoms with Crippen molar-refractivity contribution < 1.29 is 18.7 Å². The van der Waals surface area contributed by atoms with Gasteiger partial charge in [0.1, 0.15) is 22.9 Å². The van der Waals surface area contributed by atoms with Gasteiger partial charge in [-0.1, -0.05) is 0 Å². The van der Waals surface area contributed by atoms with Gasteiger partial charge in [0.05, 0.1) is 11.1 Å². The first-order valence-electron chi connectivity index (χ1n) is 6.20. The van der Waals surface area contributed by atoms with E-state index in [2.05, 4.69) is 15.9 Å². The Labute approximate surface area is 129 Å². The molecular weight excluding hydrogens is 341 g/mol. The maximum atomic E-state index is 13.1. The summed E-state index contributed by atoms with van der Waals surface area (Å²) in [5, 5.41) is 0. The smallest absolute Gasteiger partial charge is 0.342 e. The van der Waals surface area contributed by atoms with Gasteiger partial charge in [-0.15, -0.1) is 0 Å². The SMILES string of the molecule is CCOC(=O)c1cc(N)ccc1Oc1ccc(F)cc1Br. The average Bonchev–Trinajstić information content (AvgIpc) is 2.43. The van der Waals surface area contributed by atoms with Crippen LogP contribution in [0.25, 0.3) is 0 Å². The lowest BCUT2D eigenvalue weighted by Crippen LogP contribution is -2.07. The van der Waals surface area contributed by atoms with E-state index in [1.807, 2.05) is 0 Å². The van der Waals surface area contributed by atoms with Gasteiger partial charge >= 0.3 is 5.97 Å². The number of nitrogen functional groups attached to an aromatic ring is 1. The lowest BCUT2D eigenvalue weighted by molar-refractivity contribution is 0.0523. The zero-order chi connectivity index (χ0) is 15.4. The summed E-state index contributed by atoms with van der Waals surface area (Å²) in [5.74, 6) is -0.253. The molecule has 2 aromatic carbocycles. The van der Waals surface area contributed by atoms with Crippen molar-refractivity contribution in [3.05, 3.63) is 52.3 Å². The highest BCUT2D eigenvalue weighted by Crippen LogP contribution is 2.33. The molecule has 0 heterocycles. The van der Waals surface area contributed by atoms with Crippen LogP contribution in [0.3, 0.4) is 0 Å². The van der Waals surface area contributed by atoms with E-state index in [0.717, 1.165) is 0 Å². The molecule has 0 saturated heterocycles. The van der Waals surface area contributed by atoms with Gasteiger partial charge in [-0.25, -0.2) is 9.18 Å². The zero-order valence-corrected chi connectivity index (χ0v) is 12.8. The van der Waals surface area contributed by atoms with Crippen LogP contribution in [0.5, 0.6) is 11.5 Å². The normalized spacial score (nSPS) is 10.2. The van der Waals surface area contributed by atoms with Gasteiger partial charge in [0.15, 0.2) is 0 Å². The fourth-order valence-electron chi connectivity index (χ4n) is 1.68. The van der Waals surface area contributed by atoms with E-state index in [-0.39, 0.29) is 17.9 Å². The molecule has 0 aliphatic heterocycles. The standard InChI is InChI=1S/C15H13BrFNO3/c1-2-20-15(19)11-8-10(18)4-6-13(11)21-14-5-3-9(17)7-12(14)16/h3-8H,2,18H2,1H3. The van der Waals surface area contributed by atoms with Crippen molar-refractivity contribution in [3.8, 4) is 11.5 Å². The van der Waals surface area contributed by atoms with Crippen molar-refractivity contribution >= 4 is 27.6 Å². The van der Waals surface area contributed by atoms with Crippen molar-refractivity contribution in [1.29, 1.82) is 0 Å². The molecule has 2 N–H and O–H groups in total. The summed E-state index contributed by atoms with van der Waals surface area (Å²) < 4.78 is 24.1. The second-order valence-electron chi connectivity index (χ2n) is 4.15. The monoisotopic (exact) mass is 353 g/mol. The minimum atomic E-state index is -0.530. The van der Waals surface area contributed by atoms with Gasteiger partial charge < -0.3 is 15.2 Å². The minimum absolute atomic E-state index is 0.216. The summed E-state index contributed by atoms with van der Waals surface area (Å²) in [6.45, 7) is 1.95. The first kappa shape index (κ1) is 15.3. The lowest BCUT2D eigenvalue weighted by Gasteiger charge is -2.12. The van der Waals surface area contributed by atoms with Crippen LogP contribution in [0.1, 0.15) is 17.3 Å². The highest BCUT2D eigenvalue weighted by molar-refractivity contribution is 9.10. The van der Waals surface area contributed by atoms with Crippen molar-refractivity contribution in [2.45, 2.75) is 6.92 Å². The summed E-state index contributed by atoms with van der Waals surface area (Å²) in [7, 11) is 0. The van der Waals surface area contributed by atoms with Gasteiger partial charge in [-0.3, -0.25) is 0 Å². The number of carbonyl (C=O) groups is 1. The van der Waals surface area contributed by atoms with Crippen LogP contribution in [-0.2, 0) is 4.74 Å². The Hall–Kier alpha value is -2.08. The highest BCUT2D eigenvalue weighted by atomic mass is 79.9. The molecule has 0 amide bonds. The molecular formula is C15H13BrFNO3. The Morgan fingerprint density at radius 2 is 1.95 bits per heavy atom. The van der Waals surface area contributed by atoms with Crippen LogP contribution in [0.4, 0.5) is 10.1 Å². The fourth-order valence-corrected chi connectivity index (χ4v) is 2.11. The third-order valence-corrected chi connectivity index (χ3v) is 3.23. The van der Waals surface area contributed by atoms with Gasteiger partial charge in [0, 0.05) is 5.69 Å². The second-order valence-corrected chi connectivity index (χ2v) is 5.01. The quantitative estimate of drug-likeness (QED) is 0.662. The Morgan fingerprint density at radius 1 is 1.24 bits per heavy atom. The van der Waals surface area contributed by atoms with Gasteiger partial charge in [0.2, 0.25) is 0 Å². The molecule has 0 radical (unpaired) electrons. The van der Waals surface area contributed by atoms with Crippen molar-refractivity contribution in [2.24, 2.45) is 0 Å². The van der Waals surface area contributed by atoms with E-state index in [0.29, 0.717) is 15.9 Å². The number of carbonyl (C=O) groups excluding carboxylic acids is 1. The Bertz CT molecular complexity index is 676. The molecule has 110 valence electrons. The second kappa shape index (κ2) is 6.58. The molecule has 2 aromatic rings. The molecule has 21 heavy (non-hydrogen) atoms. The summed E-state index contributed by atoms with van der Waals surface area (Å²) in [6.07, 6.45) is 0. The molecule has 0 aliphatic rings. The van der Waals surface area contributed by atoms with E-state index in [1.165, 1.54) is 24.3 Å². The van der Waals surface area contributed by atoms with E-state index in [9.17, 15) is 9.18 Å². The number of esters is 1. The maximum absolute atomic E-state index is 13.1. The minimum Gasteiger partial charge on any atom is -0.462 e. The van der Waals surface area contributed by atoms with E-state index < -0.39 is 11.8 Å². The highest BCUT2D eigenvalue weighted by Gasteiger charge is 2.16. The van der Waals surface area contributed by atoms with Crippen molar-refractivity contribution in [2.75, 3.05) is 12.3 Å². The van der Waals surface area contributed by atoms with Crippen LogP contribution < -0.4 is 10.5 Å². The number of nitrogens with two attached hydrogens (primary N) is 1. The van der Waals surface area contributed by atoms with Crippen molar-refractivity contribution in [3.63, 3.8) is 0 Å². The summed E-state index contributed by atoms with van der Waals surface area (Å²) >= 11 is 3.21. The molecule has 2 rings (SSSR count). The van der Waals surface area contributed by atoms with Gasteiger partial charge in [-0.2, -0.15) is 0 Å². The Kier molecular flexibility index (Phi) is 4.80. The molecule has 0 aliphatic carbocycles. The topological polar surface area (TPSA) is 61.5 Å². The van der Waals surface area contributed by atoms with Crippen molar-refractivity contribution in [1.82, 2.24) is 0 Å². The number of benzene rings is 2. The lowest BCUT2D eigenvalue weighted by atomic mass is 10.2. The van der Waals surface area contributed by atoms with Crippen LogP contribution in [-0.4, -0.2) is 12.6 Å². The Morgan fingerprint density at radius 3 is 2.62 bits per heavy atom. The number of hydrogen-bond donors (Lipinski definition) is 1. The Balaban J connectivity index is 2.37. The van der Waals surface area contributed by atoms with Crippen LogP contribution in [0.2, 0.25) is 0 Å². The largest absolute Gasteiger partial charge is 0.462 e. The van der Waals surface area contributed by atoms with Crippen LogP contribution in [0.15, 0.2) is 40.9 Å². The number of halogens is 2. The van der Waals surface area contributed by atoms with Gasteiger partial charge in [0.25, 0.3) is 0 Å². The molecule has 6 heteroatoms. The molecule has 0 bridgehead atoms. The predicted octanol–water partition coefficient (Wildman–Crippen LogP) is 4.14. The maximum Gasteiger partial charge on any atom is 0.342 e. The summed E-state index contributed by atoms with van der Waals surface area (Å²) in [6, 6.07) is 8.65. The third kappa shape index (κ3) is 3.72. The van der Waals surface area contributed by atoms with Gasteiger partial charge in [-0.05, 0) is 59.3 Å². The first-order valence-corrected chi connectivity index (χ1v) is 7.00. The predicted molar refractivity (Wildman–Crippen MR) is 81.0 cm³/mol. The number of rotatable bonds is 4. The van der Waals surface area contributed by atoms with E-state index >= 15 is 0 Å². The third-order valence-electron chi connectivity index (χ3n) is 2.61. The molecule has 0 spiro atoms. The number of anilines is 1. The first-order chi connectivity index (χ1) is 10.0.